The van der Waals surface area contributed by atoms with Crippen molar-refractivity contribution in [3.05, 3.63) is 84.6 Å². The van der Waals surface area contributed by atoms with Crippen LogP contribution >= 0.6 is 0 Å². The van der Waals surface area contributed by atoms with Crippen molar-refractivity contribution in [2.75, 3.05) is 6.61 Å². The van der Waals surface area contributed by atoms with Crippen molar-refractivity contribution in [1.29, 1.82) is 0 Å². The molecule has 0 aliphatic heterocycles. The van der Waals surface area contributed by atoms with Gasteiger partial charge in [-0.3, -0.25) is 0 Å². The zero-order valence-corrected chi connectivity index (χ0v) is 16.8. The molecule has 32 heavy (non-hydrogen) atoms. The van der Waals surface area contributed by atoms with E-state index >= 15 is 0 Å². The number of hydrogen-bond donors (Lipinski definition) is 1. The van der Waals surface area contributed by atoms with Crippen LogP contribution in [0.25, 0.3) is 44.8 Å². The highest BCUT2D eigenvalue weighted by Crippen LogP contribution is 2.32. The molecule has 0 radical (unpaired) electrons. The normalized spacial score (nSPS) is 11.2. The highest BCUT2D eigenvalue weighted by Gasteiger charge is 2.15. The minimum Gasteiger partial charge on any atom is -0.394 e. The van der Waals surface area contributed by atoms with E-state index in [1.54, 1.807) is 35.1 Å². The lowest BCUT2D eigenvalue weighted by atomic mass is 10.0. The number of hydrogen-bond acceptors (Lipinski definition) is 5. The van der Waals surface area contributed by atoms with Gasteiger partial charge in [-0.15, -0.1) is 5.10 Å². The molecular formula is C24H17F2N5O. The van der Waals surface area contributed by atoms with Crippen LogP contribution in [0.15, 0.2) is 72.9 Å². The van der Waals surface area contributed by atoms with E-state index in [4.69, 9.17) is 15.1 Å². The molecule has 0 spiro atoms. The number of benzene rings is 3. The second kappa shape index (κ2) is 8.24. The monoisotopic (exact) mass is 429 g/mol. The van der Waals surface area contributed by atoms with Crippen LogP contribution in [0.1, 0.15) is 0 Å². The number of halogens is 2. The molecule has 2 aromatic heterocycles. The molecule has 1 N–H and O–H groups in total. The lowest BCUT2D eigenvalue weighted by Gasteiger charge is -2.11. The van der Waals surface area contributed by atoms with Gasteiger partial charge in [0.2, 0.25) is 0 Å². The van der Waals surface area contributed by atoms with Gasteiger partial charge in [-0.05, 0) is 60.7 Å². The van der Waals surface area contributed by atoms with Crippen molar-refractivity contribution < 1.29 is 13.9 Å². The third kappa shape index (κ3) is 3.83. The van der Waals surface area contributed by atoms with Crippen molar-refractivity contribution in [2.24, 2.45) is 0 Å². The van der Waals surface area contributed by atoms with Crippen molar-refractivity contribution >= 4 is 11.0 Å². The Morgan fingerprint density at radius 3 is 1.88 bits per heavy atom. The van der Waals surface area contributed by atoms with Gasteiger partial charge < -0.3 is 5.11 Å². The maximum absolute atomic E-state index is 13.5. The number of rotatable bonds is 5. The first kappa shape index (κ1) is 19.9. The van der Waals surface area contributed by atoms with Crippen molar-refractivity contribution in [3.63, 3.8) is 0 Å². The van der Waals surface area contributed by atoms with E-state index in [9.17, 15) is 8.78 Å². The molecule has 0 fully saturated rings. The average Bonchev–Trinajstić information content (AvgIpc) is 3.28. The first-order valence-electron chi connectivity index (χ1n) is 9.96. The summed E-state index contributed by atoms with van der Waals surface area (Å²) in [5.41, 5.74) is 5.27. The van der Waals surface area contributed by atoms with Crippen molar-refractivity contribution in [2.45, 2.75) is 6.54 Å². The topological polar surface area (TPSA) is 76.7 Å². The van der Waals surface area contributed by atoms with Crippen LogP contribution in [0, 0.1) is 11.6 Å². The summed E-state index contributed by atoms with van der Waals surface area (Å²) < 4.78 is 28.5. The van der Waals surface area contributed by atoms with Crippen molar-refractivity contribution in [1.82, 2.24) is 25.0 Å². The summed E-state index contributed by atoms with van der Waals surface area (Å²) in [4.78, 5) is 9.62. The largest absolute Gasteiger partial charge is 0.394 e. The van der Waals surface area contributed by atoms with Gasteiger partial charge in [-0.2, -0.15) is 0 Å². The fourth-order valence-corrected chi connectivity index (χ4v) is 3.47. The molecule has 5 aromatic rings. The number of fused-ring (bicyclic) bond motifs is 1. The Morgan fingerprint density at radius 2 is 1.28 bits per heavy atom. The van der Waals surface area contributed by atoms with Gasteiger partial charge in [0.25, 0.3) is 0 Å². The Kier molecular flexibility index (Phi) is 5.12. The lowest BCUT2D eigenvalue weighted by Crippen LogP contribution is -2.01. The molecule has 0 amide bonds. The summed E-state index contributed by atoms with van der Waals surface area (Å²) in [6.07, 6.45) is 1.75. The molecule has 0 saturated carbocycles. The van der Waals surface area contributed by atoms with E-state index in [-0.39, 0.29) is 18.2 Å². The average molecular weight is 429 g/mol. The molecule has 6 nitrogen and oxygen atoms in total. The molecular weight excluding hydrogens is 412 g/mol. The van der Waals surface area contributed by atoms with Crippen LogP contribution in [0.4, 0.5) is 8.78 Å². The third-order valence-electron chi connectivity index (χ3n) is 5.06. The van der Waals surface area contributed by atoms with Gasteiger partial charge in [-0.25, -0.2) is 23.4 Å². The predicted octanol–water partition coefficient (Wildman–Crippen LogP) is 4.49. The summed E-state index contributed by atoms with van der Waals surface area (Å²) in [5.74, 6) is -0.691. The molecule has 0 bridgehead atoms. The molecule has 0 unspecified atom stereocenters. The van der Waals surface area contributed by atoms with Crippen LogP contribution in [-0.4, -0.2) is 36.7 Å². The van der Waals surface area contributed by atoms with E-state index in [1.165, 1.54) is 24.3 Å². The van der Waals surface area contributed by atoms with Crippen LogP contribution < -0.4 is 0 Å². The summed E-state index contributed by atoms with van der Waals surface area (Å²) in [6, 6.07) is 17.6. The molecule has 8 heteroatoms. The van der Waals surface area contributed by atoms with E-state index in [1.807, 2.05) is 18.2 Å². The van der Waals surface area contributed by atoms with E-state index in [0.717, 1.165) is 5.56 Å². The highest BCUT2D eigenvalue weighted by atomic mass is 19.1. The number of aliphatic hydroxyl groups excluding tert-OH is 1. The van der Waals surface area contributed by atoms with Crippen LogP contribution in [0.2, 0.25) is 0 Å². The van der Waals surface area contributed by atoms with E-state index in [2.05, 4.69) is 10.3 Å². The van der Waals surface area contributed by atoms with Crippen LogP contribution in [-0.2, 0) is 6.54 Å². The Labute approximate surface area is 181 Å². The number of aliphatic hydroxyl groups is 1. The molecule has 0 atom stereocenters. The van der Waals surface area contributed by atoms with Gasteiger partial charge in [0.15, 0.2) is 0 Å². The fourth-order valence-electron chi connectivity index (χ4n) is 3.47. The standard InChI is InChI=1S/C24H17F2N5O/c25-18-6-1-15(2-7-18)23-24(16-3-8-19(26)9-4-16)28-21-13-17(5-10-20(21)27-23)22-14-31(11-12-32)30-29-22/h1-10,13-14,32H,11-12H2. The molecule has 3 aromatic carbocycles. The van der Waals surface area contributed by atoms with Crippen LogP contribution in [0.3, 0.4) is 0 Å². The second-order valence-corrected chi connectivity index (χ2v) is 7.23. The van der Waals surface area contributed by atoms with Gasteiger partial charge in [0, 0.05) is 16.7 Å². The smallest absolute Gasteiger partial charge is 0.123 e. The molecule has 5 rings (SSSR count). The molecule has 0 aliphatic rings. The SMILES string of the molecule is OCCn1cc(-c2ccc3nc(-c4ccc(F)cc4)c(-c4ccc(F)cc4)nc3c2)nn1. The Morgan fingerprint density at radius 1 is 0.719 bits per heavy atom. The van der Waals surface area contributed by atoms with Crippen molar-refractivity contribution in [3.8, 4) is 33.8 Å². The second-order valence-electron chi connectivity index (χ2n) is 7.23. The maximum Gasteiger partial charge on any atom is 0.123 e. The maximum atomic E-state index is 13.5. The minimum atomic E-state index is -0.348. The Balaban J connectivity index is 1.67. The van der Waals surface area contributed by atoms with E-state index in [0.29, 0.717) is 45.8 Å². The molecule has 0 aliphatic carbocycles. The molecule has 2 heterocycles. The fraction of sp³-hybridized carbons (Fsp3) is 0.0833. The summed E-state index contributed by atoms with van der Waals surface area (Å²) in [6.45, 7) is 0.329. The Bertz CT molecular complexity index is 1400. The Hall–Kier alpha value is -4.04. The predicted molar refractivity (Wildman–Crippen MR) is 116 cm³/mol. The van der Waals surface area contributed by atoms with Gasteiger partial charge >= 0.3 is 0 Å². The molecule has 158 valence electrons. The van der Waals surface area contributed by atoms with Gasteiger partial charge in [0.05, 0.1) is 41.8 Å². The number of nitrogens with zero attached hydrogens (tertiary/aromatic N) is 5. The van der Waals surface area contributed by atoms with Gasteiger partial charge in [0.1, 0.15) is 17.3 Å². The van der Waals surface area contributed by atoms with Gasteiger partial charge in [-0.1, -0.05) is 11.3 Å². The highest BCUT2D eigenvalue weighted by molar-refractivity contribution is 5.88. The lowest BCUT2D eigenvalue weighted by molar-refractivity contribution is 0.268. The molecule has 0 saturated heterocycles. The number of aromatic nitrogens is 5. The summed E-state index contributed by atoms with van der Waals surface area (Å²) in [5, 5.41) is 17.2. The zero-order chi connectivity index (χ0) is 22.1. The third-order valence-corrected chi connectivity index (χ3v) is 5.06. The quantitative estimate of drug-likeness (QED) is 0.445. The first-order valence-corrected chi connectivity index (χ1v) is 9.96. The summed E-state index contributed by atoms with van der Waals surface area (Å²) >= 11 is 0. The first-order chi connectivity index (χ1) is 15.6. The van der Waals surface area contributed by atoms with Crippen LogP contribution in [0.5, 0.6) is 0 Å². The minimum absolute atomic E-state index is 0.0286. The van der Waals surface area contributed by atoms with E-state index < -0.39 is 0 Å². The zero-order valence-electron chi connectivity index (χ0n) is 16.8. The summed E-state index contributed by atoms with van der Waals surface area (Å²) in [7, 11) is 0.